The van der Waals surface area contributed by atoms with Gasteiger partial charge in [-0.25, -0.2) is 4.79 Å². The molecular formula is C18H25F3N2O3S. The van der Waals surface area contributed by atoms with Crippen LogP contribution in [0.15, 0.2) is 16.8 Å². The third-order valence-corrected chi connectivity index (χ3v) is 5.47. The highest BCUT2D eigenvalue weighted by Crippen LogP contribution is 2.40. The van der Waals surface area contributed by atoms with Crippen molar-refractivity contribution in [1.29, 1.82) is 0 Å². The summed E-state index contributed by atoms with van der Waals surface area (Å²) in [6.07, 6.45) is -3.13. The van der Waals surface area contributed by atoms with E-state index >= 15 is 0 Å². The van der Waals surface area contributed by atoms with Gasteiger partial charge in [-0.15, -0.1) is 0 Å². The molecule has 2 aliphatic heterocycles. The van der Waals surface area contributed by atoms with Crippen molar-refractivity contribution in [1.82, 2.24) is 9.80 Å². The first kappa shape index (κ1) is 21.7. The summed E-state index contributed by atoms with van der Waals surface area (Å²) >= 11 is 1.77. The number of nitrogens with zero attached hydrogens (tertiary/aromatic N) is 2. The van der Waals surface area contributed by atoms with E-state index in [0.29, 0.717) is 23.7 Å². The number of amides is 1. The van der Waals surface area contributed by atoms with Crippen LogP contribution in [0.1, 0.15) is 32.3 Å². The summed E-state index contributed by atoms with van der Waals surface area (Å²) in [5.41, 5.74) is 1.84. The molecule has 3 heterocycles. The second-order valence-electron chi connectivity index (χ2n) is 7.74. The first-order valence-corrected chi connectivity index (χ1v) is 9.76. The Morgan fingerprint density at radius 3 is 2.41 bits per heavy atom. The Morgan fingerprint density at radius 1 is 1.30 bits per heavy atom. The zero-order valence-corrected chi connectivity index (χ0v) is 16.3. The molecule has 1 spiro atoms. The number of hydrogen-bond acceptors (Lipinski definition) is 4. The van der Waals surface area contributed by atoms with Gasteiger partial charge in [-0.3, -0.25) is 9.69 Å². The second-order valence-corrected chi connectivity index (χ2v) is 8.52. The lowest BCUT2D eigenvalue weighted by Gasteiger charge is -2.48. The van der Waals surface area contributed by atoms with Crippen LogP contribution in [0.2, 0.25) is 0 Å². The number of carboxylic acid groups (broad SMARTS) is 1. The molecule has 0 aromatic carbocycles. The highest BCUT2D eigenvalue weighted by molar-refractivity contribution is 7.07. The number of carbonyl (C=O) groups excluding carboxylic acids is 1. The van der Waals surface area contributed by atoms with Crippen molar-refractivity contribution in [2.75, 3.05) is 26.2 Å². The third kappa shape index (κ3) is 6.21. The Bertz CT molecular complexity index is 641. The van der Waals surface area contributed by atoms with E-state index in [1.54, 1.807) is 11.3 Å². The van der Waals surface area contributed by atoms with Crippen LogP contribution in [0.5, 0.6) is 0 Å². The van der Waals surface area contributed by atoms with Crippen LogP contribution in [0, 0.1) is 11.3 Å². The Labute approximate surface area is 160 Å². The zero-order valence-electron chi connectivity index (χ0n) is 15.5. The van der Waals surface area contributed by atoms with Crippen molar-refractivity contribution < 1.29 is 27.9 Å². The van der Waals surface area contributed by atoms with E-state index in [1.807, 2.05) is 0 Å². The second kappa shape index (κ2) is 8.60. The largest absolute Gasteiger partial charge is 0.490 e. The van der Waals surface area contributed by atoms with Gasteiger partial charge >= 0.3 is 12.1 Å². The fourth-order valence-electron chi connectivity index (χ4n) is 3.48. The average molecular weight is 406 g/mol. The molecule has 9 heteroatoms. The molecule has 0 aliphatic carbocycles. The molecule has 1 N–H and O–H groups in total. The van der Waals surface area contributed by atoms with Crippen molar-refractivity contribution in [3.8, 4) is 0 Å². The molecule has 27 heavy (non-hydrogen) atoms. The fraction of sp³-hybridized carbons (Fsp3) is 0.667. The number of aliphatic carboxylic acids is 1. The van der Waals surface area contributed by atoms with E-state index in [2.05, 4.69) is 40.5 Å². The standard InChI is InChI=1S/C16H24N2OS.C2HF3O2/c1-13(2)7-15(19)18-11-16(12-18)4-5-17(10-16)8-14-3-6-20-9-14;3-2(4,5)1(6)7/h3,6,9,13H,4-5,7-8,10-12H2,1-2H3;(H,6,7). The van der Waals surface area contributed by atoms with Crippen LogP contribution >= 0.6 is 11.3 Å². The van der Waals surface area contributed by atoms with E-state index in [4.69, 9.17) is 9.90 Å². The maximum absolute atomic E-state index is 12.0. The molecule has 0 radical (unpaired) electrons. The number of halogens is 3. The minimum atomic E-state index is -5.08. The minimum absolute atomic E-state index is 0.349. The lowest BCUT2D eigenvalue weighted by molar-refractivity contribution is -0.192. The Morgan fingerprint density at radius 2 is 1.93 bits per heavy atom. The molecule has 3 rings (SSSR count). The van der Waals surface area contributed by atoms with Crippen LogP contribution in [0.25, 0.3) is 0 Å². The van der Waals surface area contributed by atoms with E-state index in [9.17, 15) is 18.0 Å². The molecular weight excluding hydrogens is 381 g/mol. The summed E-state index contributed by atoms with van der Waals surface area (Å²) in [5.74, 6) is -1.94. The normalized spacial score (nSPS) is 19.0. The zero-order chi connectivity index (χ0) is 20.2. The van der Waals surface area contributed by atoms with E-state index < -0.39 is 12.1 Å². The molecule has 1 aromatic rings. The Kier molecular flexibility index (Phi) is 6.91. The van der Waals surface area contributed by atoms with Crippen LogP contribution in [0.3, 0.4) is 0 Å². The first-order valence-electron chi connectivity index (χ1n) is 8.82. The smallest absolute Gasteiger partial charge is 0.475 e. The summed E-state index contributed by atoms with van der Waals surface area (Å²) in [7, 11) is 0. The van der Waals surface area contributed by atoms with Crippen LogP contribution in [0.4, 0.5) is 13.2 Å². The number of thiophene rings is 1. The molecule has 1 amide bonds. The highest BCUT2D eigenvalue weighted by atomic mass is 32.1. The number of likely N-dealkylation sites (tertiary alicyclic amines) is 2. The molecule has 2 aliphatic rings. The van der Waals surface area contributed by atoms with Crippen molar-refractivity contribution in [2.45, 2.75) is 39.4 Å². The first-order chi connectivity index (χ1) is 12.5. The Hall–Kier alpha value is -1.61. The van der Waals surface area contributed by atoms with Gasteiger partial charge in [0.25, 0.3) is 0 Å². The SMILES string of the molecule is CC(C)CC(=O)N1CC2(CCN(Cc3ccsc3)C2)C1.O=C(O)C(F)(F)F. The van der Waals surface area contributed by atoms with E-state index in [-0.39, 0.29) is 0 Å². The average Bonchev–Trinajstić information content (AvgIpc) is 3.14. The Balaban J connectivity index is 0.000000321. The number of hydrogen-bond donors (Lipinski definition) is 1. The van der Waals surface area contributed by atoms with Crippen LogP contribution in [-0.2, 0) is 16.1 Å². The van der Waals surface area contributed by atoms with E-state index in [1.165, 1.54) is 18.5 Å². The molecule has 0 atom stereocenters. The van der Waals surface area contributed by atoms with Gasteiger partial charge in [0.05, 0.1) is 0 Å². The predicted molar refractivity (Wildman–Crippen MR) is 96.4 cm³/mol. The van der Waals surface area contributed by atoms with Gasteiger partial charge in [-0.2, -0.15) is 24.5 Å². The maximum atomic E-state index is 12.0. The summed E-state index contributed by atoms with van der Waals surface area (Å²) in [4.78, 5) is 25.5. The molecule has 0 unspecified atom stereocenters. The van der Waals surface area contributed by atoms with Gasteiger partial charge in [-0.05, 0) is 41.3 Å². The van der Waals surface area contributed by atoms with Crippen LogP contribution in [-0.4, -0.2) is 59.1 Å². The summed E-state index contributed by atoms with van der Waals surface area (Å²) in [5, 5.41) is 11.5. The predicted octanol–water partition coefficient (Wildman–Crippen LogP) is 3.46. The fourth-order valence-corrected chi connectivity index (χ4v) is 4.14. The number of carboxylic acids is 1. The van der Waals surface area contributed by atoms with Gasteiger partial charge in [0.2, 0.25) is 5.91 Å². The summed E-state index contributed by atoms with van der Waals surface area (Å²) in [6.45, 7) is 9.62. The topological polar surface area (TPSA) is 60.9 Å². The number of rotatable bonds is 4. The van der Waals surface area contributed by atoms with Crippen molar-refractivity contribution in [3.63, 3.8) is 0 Å². The highest BCUT2D eigenvalue weighted by Gasteiger charge is 2.48. The summed E-state index contributed by atoms with van der Waals surface area (Å²) in [6, 6.07) is 2.22. The van der Waals surface area contributed by atoms with E-state index in [0.717, 1.165) is 26.2 Å². The maximum Gasteiger partial charge on any atom is 0.490 e. The van der Waals surface area contributed by atoms with Gasteiger partial charge in [0.15, 0.2) is 0 Å². The lowest BCUT2D eigenvalue weighted by Crippen LogP contribution is -2.59. The molecule has 5 nitrogen and oxygen atoms in total. The van der Waals surface area contributed by atoms with Gasteiger partial charge in [0.1, 0.15) is 0 Å². The van der Waals surface area contributed by atoms with Crippen molar-refractivity contribution in [2.24, 2.45) is 11.3 Å². The lowest BCUT2D eigenvalue weighted by atomic mass is 9.78. The molecule has 0 bridgehead atoms. The third-order valence-electron chi connectivity index (χ3n) is 4.73. The minimum Gasteiger partial charge on any atom is -0.475 e. The van der Waals surface area contributed by atoms with Gasteiger partial charge in [0, 0.05) is 38.0 Å². The van der Waals surface area contributed by atoms with Crippen molar-refractivity contribution >= 4 is 23.2 Å². The molecule has 2 fully saturated rings. The quantitative estimate of drug-likeness (QED) is 0.832. The molecule has 0 saturated carbocycles. The number of carbonyl (C=O) groups is 2. The van der Waals surface area contributed by atoms with Crippen molar-refractivity contribution in [3.05, 3.63) is 22.4 Å². The van der Waals surface area contributed by atoms with Gasteiger partial charge < -0.3 is 10.0 Å². The van der Waals surface area contributed by atoms with Gasteiger partial charge in [-0.1, -0.05) is 13.8 Å². The van der Waals surface area contributed by atoms with Crippen LogP contribution < -0.4 is 0 Å². The summed E-state index contributed by atoms with van der Waals surface area (Å²) < 4.78 is 31.7. The molecule has 1 aromatic heterocycles. The monoisotopic (exact) mass is 406 g/mol. The molecule has 2 saturated heterocycles. The number of alkyl halides is 3. The molecule has 152 valence electrons.